The molecule has 0 spiro atoms. The van der Waals surface area contributed by atoms with Gasteiger partial charge < -0.3 is 14.7 Å². The van der Waals surface area contributed by atoms with Gasteiger partial charge in [-0.15, -0.1) is 0 Å². The van der Waals surface area contributed by atoms with Crippen molar-refractivity contribution in [2.75, 3.05) is 26.7 Å². The number of likely N-dealkylation sites (N-methyl/N-ethyl adjacent to an activating group) is 1. The largest absolute Gasteiger partial charge is 0.492 e. The fourth-order valence-electron chi connectivity index (χ4n) is 3.52. The van der Waals surface area contributed by atoms with Crippen molar-refractivity contribution < 1.29 is 14.6 Å². The van der Waals surface area contributed by atoms with Crippen LogP contribution in [0.25, 0.3) is 0 Å². The minimum Gasteiger partial charge on any atom is -0.492 e. The van der Waals surface area contributed by atoms with Gasteiger partial charge in [0.05, 0.1) is 0 Å². The Morgan fingerprint density at radius 2 is 1.44 bits per heavy atom. The number of rotatable bonds is 11. The lowest BCUT2D eigenvalue weighted by Crippen LogP contribution is -2.29. The van der Waals surface area contributed by atoms with E-state index in [1.807, 2.05) is 48.5 Å². The van der Waals surface area contributed by atoms with Gasteiger partial charge in [-0.2, -0.15) is 0 Å². The number of nitrogens with zero attached hydrogens (tertiary/aromatic N) is 1. The summed E-state index contributed by atoms with van der Waals surface area (Å²) < 4.78 is 5.89. The summed E-state index contributed by atoms with van der Waals surface area (Å²) in [6, 6.07) is 23.6. The molecule has 3 rings (SSSR count). The van der Waals surface area contributed by atoms with Crippen LogP contribution in [0.2, 0.25) is 10.0 Å². The van der Waals surface area contributed by atoms with Gasteiger partial charge in [0.15, 0.2) is 0 Å². The van der Waals surface area contributed by atoms with Gasteiger partial charge in [0.25, 0.3) is 0 Å². The van der Waals surface area contributed by atoms with Crippen molar-refractivity contribution in [3.8, 4) is 5.75 Å². The van der Waals surface area contributed by atoms with E-state index in [0.29, 0.717) is 13.0 Å². The van der Waals surface area contributed by atoms with Crippen LogP contribution >= 0.6 is 23.2 Å². The van der Waals surface area contributed by atoms with Crippen LogP contribution in [0.15, 0.2) is 72.8 Å². The molecule has 6 heteroatoms. The summed E-state index contributed by atoms with van der Waals surface area (Å²) in [7, 11) is 2.08. The van der Waals surface area contributed by atoms with E-state index in [9.17, 15) is 4.79 Å². The second kappa shape index (κ2) is 11.9. The molecular weight excluding hydrogens is 445 g/mol. The summed E-state index contributed by atoms with van der Waals surface area (Å²) in [4.78, 5) is 12.9. The Balaban J connectivity index is 1.56. The Bertz CT molecular complexity index is 944. The van der Waals surface area contributed by atoms with Crippen molar-refractivity contribution in [1.82, 2.24) is 4.90 Å². The molecule has 0 atom stereocenters. The molecule has 0 unspecified atom stereocenters. The molecule has 0 aromatic heterocycles. The zero-order chi connectivity index (χ0) is 22.9. The van der Waals surface area contributed by atoms with Crippen LogP contribution in [-0.4, -0.2) is 42.7 Å². The van der Waals surface area contributed by atoms with Crippen molar-refractivity contribution in [3.05, 3.63) is 99.5 Å². The molecule has 3 aromatic rings. The number of ether oxygens (including phenoxy) is 1. The average Bonchev–Trinajstić information content (AvgIpc) is 2.78. The number of carbonyl (C=O) groups is 1. The molecule has 0 saturated heterocycles. The summed E-state index contributed by atoms with van der Waals surface area (Å²) in [6.45, 7) is 2.14. The van der Waals surface area contributed by atoms with Crippen LogP contribution in [0, 0.1) is 0 Å². The van der Waals surface area contributed by atoms with Crippen LogP contribution < -0.4 is 4.74 Å². The Labute approximate surface area is 199 Å². The van der Waals surface area contributed by atoms with Gasteiger partial charge >= 0.3 is 5.97 Å². The van der Waals surface area contributed by atoms with E-state index < -0.39 is 5.97 Å². The SMILES string of the molecule is CN(CCOc1ccc(CCC(=O)O)cc1)CC(c1ccc(Cl)cc1)c1ccc(Cl)cc1. The molecule has 0 amide bonds. The van der Waals surface area contributed by atoms with E-state index in [1.54, 1.807) is 0 Å². The van der Waals surface area contributed by atoms with E-state index in [4.69, 9.17) is 33.0 Å². The maximum atomic E-state index is 10.7. The summed E-state index contributed by atoms with van der Waals surface area (Å²) in [5.74, 6) is 0.177. The number of aliphatic carboxylic acids is 1. The first-order valence-electron chi connectivity index (χ1n) is 10.5. The monoisotopic (exact) mass is 471 g/mol. The van der Waals surface area contributed by atoms with Crippen molar-refractivity contribution in [3.63, 3.8) is 0 Å². The second-order valence-electron chi connectivity index (χ2n) is 7.80. The smallest absolute Gasteiger partial charge is 0.303 e. The highest BCUT2D eigenvalue weighted by Gasteiger charge is 2.17. The molecule has 0 fully saturated rings. The zero-order valence-electron chi connectivity index (χ0n) is 18.0. The van der Waals surface area contributed by atoms with Gasteiger partial charge in [0.2, 0.25) is 0 Å². The normalized spacial score (nSPS) is 11.2. The van der Waals surface area contributed by atoms with Crippen molar-refractivity contribution in [2.24, 2.45) is 0 Å². The maximum absolute atomic E-state index is 10.7. The number of benzene rings is 3. The summed E-state index contributed by atoms with van der Waals surface area (Å²) in [5, 5.41) is 10.2. The summed E-state index contributed by atoms with van der Waals surface area (Å²) in [5.41, 5.74) is 3.38. The van der Waals surface area contributed by atoms with Crippen LogP contribution in [0.1, 0.15) is 29.0 Å². The lowest BCUT2D eigenvalue weighted by atomic mass is 9.91. The quantitative estimate of drug-likeness (QED) is 0.364. The fourth-order valence-corrected chi connectivity index (χ4v) is 3.77. The predicted molar refractivity (Wildman–Crippen MR) is 130 cm³/mol. The van der Waals surface area contributed by atoms with Crippen molar-refractivity contribution in [2.45, 2.75) is 18.8 Å². The number of hydrogen-bond donors (Lipinski definition) is 1. The molecule has 0 aliphatic rings. The Morgan fingerprint density at radius 3 is 1.94 bits per heavy atom. The van der Waals surface area contributed by atoms with E-state index in [-0.39, 0.29) is 12.3 Å². The van der Waals surface area contributed by atoms with Crippen LogP contribution in [0.3, 0.4) is 0 Å². The zero-order valence-corrected chi connectivity index (χ0v) is 19.5. The highest BCUT2D eigenvalue weighted by atomic mass is 35.5. The first kappa shape index (κ1) is 24.1. The van der Waals surface area contributed by atoms with Gasteiger partial charge in [-0.3, -0.25) is 4.79 Å². The number of hydrogen-bond acceptors (Lipinski definition) is 3. The number of halogens is 2. The third-order valence-electron chi connectivity index (χ3n) is 5.33. The minimum atomic E-state index is -0.788. The second-order valence-corrected chi connectivity index (χ2v) is 8.68. The molecule has 3 aromatic carbocycles. The first-order valence-corrected chi connectivity index (χ1v) is 11.3. The molecule has 0 saturated carbocycles. The van der Waals surface area contributed by atoms with Crippen LogP contribution in [-0.2, 0) is 11.2 Å². The molecule has 1 N–H and O–H groups in total. The van der Waals surface area contributed by atoms with Gasteiger partial charge in [0, 0.05) is 35.5 Å². The van der Waals surface area contributed by atoms with Gasteiger partial charge in [-0.25, -0.2) is 0 Å². The molecule has 32 heavy (non-hydrogen) atoms. The predicted octanol–water partition coefficient (Wildman–Crippen LogP) is 6.15. The van der Waals surface area contributed by atoms with E-state index in [1.165, 1.54) is 11.1 Å². The van der Waals surface area contributed by atoms with Gasteiger partial charge in [0.1, 0.15) is 12.4 Å². The van der Waals surface area contributed by atoms with Crippen LogP contribution in [0.5, 0.6) is 5.75 Å². The topological polar surface area (TPSA) is 49.8 Å². The van der Waals surface area contributed by atoms with E-state index >= 15 is 0 Å². The Hall–Kier alpha value is -2.53. The lowest BCUT2D eigenvalue weighted by Gasteiger charge is -2.25. The van der Waals surface area contributed by atoms with Crippen molar-refractivity contribution >= 4 is 29.2 Å². The first-order chi connectivity index (χ1) is 15.4. The Kier molecular flexibility index (Phi) is 8.98. The highest BCUT2D eigenvalue weighted by Crippen LogP contribution is 2.28. The van der Waals surface area contributed by atoms with Crippen LogP contribution in [0.4, 0.5) is 0 Å². The third-order valence-corrected chi connectivity index (χ3v) is 5.84. The lowest BCUT2D eigenvalue weighted by molar-refractivity contribution is -0.136. The Morgan fingerprint density at radius 1 is 0.906 bits per heavy atom. The van der Waals surface area contributed by atoms with E-state index in [2.05, 4.69) is 36.2 Å². The van der Waals surface area contributed by atoms with Gasteiger partial charge in [-0.05, 0) is 66.6 Å². The van der Waals surface area contributed by atoms with Crippen molar-refractivity contribution in [1.29, 1.82) is 0 Å². The number of aryl methyl sites for hydroxylation is 1. The minimum absolute atomic E-state index is 0.132. The molecular formula is C26H27Cl2NO3. The molecule has 0 aliphatic carbocycles. The van der Waals surface area contributed by atoms with Gasteiger partial charge in [-0.1, -0.05) is 59.6 Å². The molecule has 4 nitrogen and oxygen atoms in total. The standard InChI is InChI=1S/C26H27Cl2NO3/c1-29(16-17-32-24-13-2-19(3-14-24)4-15-26(30)31)18-25(20-5-9-22(27)10-6-20)21-7-11-23(28)12-8-21/h2-3,5-14,25H,4,15-18H2,1H3,(H,30,31). The number of carboxylic acids is 1. The average molecular weight is 472 g/mol. The third kappa shape index (κ3) is 7.56. The number of carboxylic acid groups (broad SMARTS) is 1. The molecule has 0 aliphatic heterocycles. The van der Waals surface area contributed by atoms with E-state index in [0.717, 1.165) is 34.4 Å². The maximum Gasteiger partial charge on any atom is 0.303 e. The summed E-state index contributed by atoms with van der Waals surface area (Å²) >= 11 is 12.2. The summed E-state index contributed by atoms with van der Waals surface area (Å²) in [6.07, 6.45) is 0.655. The highest BCUT2D eigenvalue weighted by molar-refractivity contribution is 6.30. The fraction of sp³-hybridized carbons (Fsp3) is 0.269. The molecule has 0 heterocycles. The molecule has 0 radical (unpaired) electrons. The molecule has 168 valence electrons. The molecule has 0 bridgehead atoms.